The summed E-state index contributed by atoms with van der Waals surface area (Å²) in [5, 5.41) is 26.0. The van der Waals surface area contributed by atoms with Gasteiger partial charge < -0.3 is 34.5 Å². The van der Waals surface area contributed by atoms with E-state index in [1.54, 1.807) is 17.0 Å². The van der Waals surface area contributed by atoms with Crippen molar-refractivity contribution in [3.05, 3.63) is 47.5 Å². The highest BCUT2D eigenvalue weighted by atomic mass is 32.2. The van der Waals surface area contributed by atoms with Crippen LogP contribution in [0.5, 0.6) is 17.2 Å². The maximum absolute atomic E-state index is 13.1. The number of hydrogen-bond acceptors (Lipinski definition) is 8. The highest BCUT2D eigenvalue weighted by molar-refractivity contribution is 7.87. The highest BCUT2D eigenvalue weighted by Gasteiger charge is 2.28. The number of likely N-dealkylation sites (tertiary alicyclic amines) is 1. The van der Waals surface area contributed by atoms with Crippen LogP contribution >= 0.6 is 0 Å². The average Bonchev–Trinajstić information content (AvgIpc) is 2.82. The van der Waals surface area contributed by atoms with Gasteiger partial charge in [0.2, 0.25) is 0 Å². The number of methoxy groups -OCH3 is 1. The molecular weight excluding hydrogens is 462 g/mol. The fourth-order valence-corrected chi connectivity index (χ4v) is 4.88. The van der Waals surface area contributed by atoms with Crippen LogP contribution in [0.15, 0.2) is 41.3 Å². The number of benzene rings is 2. The second-order valence-electron chi connectivity index (χ2n) is 8.19. The maximum atomic E-state index is 13.1. The van der Waals surface area contributed by atoms with Gasteiger partial charge in [-0.3, -0.25) is 5.41 Å². The van der Waals surface area contributed by atoms with Crippen molar-refractivity contribution in [2.24, 2.45) is 5.73 Å². The van der Waals surface area contributed by atoms with Crippen LogP contribution in [-0.4, -0.2) is 69.0 Å². The Labute approximate surface area is 199 Å². The van der Waals surface area contributed by atoms with Crippen LogP contribution < -0.4 is 19.4 Å². The molecule has 1 fully saturated rings. The third kappa shape index (κ3) is 6.10. The number of nitrogens with one attached hydrogen (secondary N) is 1. The Morgan fingerprint density at radius 1 is 1.26 bits per heavy atom. The molecule has 1 heterocycles. The molecule has 0 saturated carbocycles. The molecule has 10 nitrogen and oxygen atoms in total. The molecule has 186 valence electrons. The topological polar surface area (TPSA) is 155 Å². The lowest BCUT2D eigenvalue weighted by Gasteiger charge is -2.33. The van der Waals surface area contributed by atoms with E-state index in [0.29, 0.717) is 18.8 Å². The van der Waals surface area contributed by atoms with Crippen molar-refractivity contribution >= 4 is 16.1 Å². The Hall–Kier alpha value is -3.02. The zero-order chi connectivity index (χ0) is 24.9. The fraction of sp³-hybridized carbons (Fsp3) is 0.435. The van der Waals surface area contributed by atoms with Crippen molar-refractivity contribution in [1.82, 2.24) is 4.90 Å². The zero-order valence-corrected chi connectivity index (χ0v) is 20.0. The van der Waals surface area contributed by atoms with Crippen molar-refractivity contribution in [3.8, 4) is 17.2 Å². The number of aliphatic hydroxyl groups excluding tert-OH is 2. The number of ether oxygens (including phenoxy) is 2. The van der Waals surface area contributed by atoms with Gasteiger partial charge in [-0.15, -0.1) is 0 Å². The van der Waals surface area contributed by atoms with Gasteiger partial charge >= 0.3 is 10.1 Å². The van der Waals surface area contributed by atoms with Gasteiger partial charge in [0.05, 0.1) is 13.7 Å². The van der Waals surface area contributed by atoms with Gasteiger partial charge in [0.1, 0.15) is 23.4 Å². The van der Waals surface area contributed by atoms with Gasteiger partial charge in [-0.2, -0.15) is 8.42 Å². The minimum atomic E-state index is -4.22. The Kier molecular flexibility index (Phi) is 8.24. The lowest BCUT2D eigenvalue weighted by atomic mass is 9.88. The van der Waals surface area contributed by atoms with Crippen LogP contribution in [0, 0.1) is 12.3 Å². The molecule has 1 unspecified atom stereocenters. The van der Waals surface area contributed by atoms with Crippen molar-refractivity contribution in [2.75, 3.05) is 33.4 Å². The second-order valence-corrected chi connectivity index (χ2v) is 9.74. The molecule has 0 aliphatic carbocycles. The number of hydrogen-bond donors (Lipinski definition) is 4. The Bertz CT molecular complexity index is 1120. The molecule has 1 aliphatic heterocycles. The summed E-state index contributed by atoms with van der Waals surface area (Å²) in [6.07, 6.45) is 0.406. The quantitative estimate of drug-likeness (QED) is 0.231. The summed E-state index contributed by atoms with van der Waals surface area (Å²) < 4.78 is 42.6. The first-order chi connectivity index (χ1) is 16.1. The first-order valence-electron chi connectivity index (χ1n) is 10.9. The van der Waals surface area contributed by atoms with Gasteiger partial charge in [-0.1, -0.05) is 12.1 Å². The van der Waals surface area contributed by atoms with Crippen LogP contribution in [0.2, 0.25) is 0 Å². The number of nitrogens with two attached hydrogens (primary N) is 1. The molecule has 3 rings (SSSR count). The molecule has 1 saturated heterocycles. The SMILES string of the molecule is COc1c(OS(=O)(=O)c2cccc(OCC(O)CO)c2)cc(C)cc1C1CCN(C(=N)N)CC1. The summed E-state index contributed by atoms with van der Waals surface area (Å²) in [4.78, 5) is 1.68. The van der Waals surface area contributed by atoms with E-state index < -0.39 is 22.8 Å². The number of rotatable bonds is 9. The Morgan fingerprint density at radius 3 is 2.59 bits per heavy atom. The van der Waals surface area contributed by atoms with Crippen molar-refractivity contribution < 1.29 is 32.3 Å². The molecule has 1 atom stereocenters. The normalized spacial score (nSPS) is 15.6. The van der Waals surface area contributed by atoms with Crippen molar-refractivity contribution in [2.45, 2.75) is 36.7 Å². The van der Waals surface area contributed by atoms with Crippen LogP contribution in [0.1, 0.15) is 29.9 Å². The van der Waals surface area contributed by atoms with Crippen LogP contribution in [0.25, 0.3) is 0 Å². The Balaban J connectivity index is 1.85. The average molecular weight is 494 g/mol. The van der Waals surface area contributed by atoms with Gasteiger partial charge in [0, 0.05) is 24.7 Å². The van der Waals surface area contributed by atoms with Gasteiger partial charge in [0.25, 0.3) is 0 Å². The molecule has 34 heavy (non-hydrogen) atoms. The highest BCUT2D eigenvalue weighted by Crippen LogP contribution is 2.42. The van der Waals surface area contributed by atoms with E-state index in [4.69, 9.17) is 29.9 Å². The van der Waals surface area contributed by atoms with E-state index >= 15 is 0 Å². The molecule has 0 aromatic heterocycles. The molecular formula is C23H31N3O7S. The largest absolute Gasteiger partial charge is 0.492 e. The molecule has 0 amide bonds. The monoisotopic (exact) mass is 493 g/mol. The molecule has 5 N–H and O–H groups in total. The fourth-order valence-electron chi connectivity index (χ4n) is 3.91. The van der Waals surface area contributed by atoms with Crippen molar-refractivity contribution in [1.29, 1.82) is 5.41 Å². The molecule has 0 radical (unpaired) electrons. The van der Waals surface area contributed by atoms with E-state index in [0.717, 1.165) is 24.0 Å². The second kappa shape index (κ2) is 10.9. The smallest absolute Gasteiger partial charge is 0.339 e. The van der Waals surface area contributed by atoms with E-state index in [1.807, 2.05) is 13.0 Å². The van der Waals surface area contributed by atoms with Gasteiger partial charge in [-0.05, 0) is 49.4 Å². The summed E-state index contributed by atoms with van der Waals surface area (Å²) in [5.74, 6) is 0.806. The molecule has 1 aliphatic rings. The molecule has 2 aromatic rings. The lowest BCUT2D eigenvalue weighted by molar-refractivity contribution is 0.0535. The molecule has 2 aromatic carbocycles. The molecule has 11 heteroatoms. The minimum Gasteiger partial charge on any atom is -0.492 e. The predicted molar refractivity (Wildman–Crippen MR) is 126 cm³/mol. The van der Waals surface area contributed by atoms with Crippen LogP contribution in [-0.2, 0) is 10.1 Å². The summed E-state index contributed by atoms with van der Waals surface area (Å²) in [6.45, 7) is 2.46. The Morgan fingerprint density at radius 2 is 1.97 bits per heavy atom. The summed E-state index contributed by atoms with van der Waals surface area (Å²) in [6, 6.07) is 9.29. The standard InChI is InChI=1S/C23H31N3O7S/c1-15-10-20(16-6-8-26(9-7-16)23(24)25)22(31-2)21(11-15)33-34(29,30)19-5-3-4-18(12-19)32-14-17(28)13-27/h3-5,10-12,16-17,27-28H,6-9,13-14H2,1-2H3,(H3,24,25). The molecule has 0 bridgehead atoms. The summed E-state index contributed by atoms with van der Waals surface area (Å²) in [5.41, 5.74) is 7.27. The van der Waals surface area contributed by atoms with E-state index in [1.165, 1.54) is 25.3 Å². The summed E-state index contributed by atoms with van der Waals surface area (Å²) in [7, 11) is -2.75. The first kappa shape index (κ1) is 25.6. The zero-order valence-electron chi connectivity index (χ0n) is 19.2. The third-order valence-electron chi connectivity index (χ3n) is 5.65. The number of nitrogens with zero attached hydrogens (tertiary/aromatic N) is 1. The van der Waals surface area contributed by atoms with Gasteiger partial charge in [0.15, 0.2) is 17.5 Å². The molecule has 0 spiro atoms. The van der Waals surface area contributed by atoms with Gasteiger partial charge in [-0.25, -0.2) is 0 Å². The lowest BCUT2D eigenvalue weighted by Crippen LogP contribution is -2.41. The van der Waals surface area contributed by atoms with E-state index in [-0.39, 0.29) is 34.9 Å². The third-order valence-corrected chi connectivity index (χ3v) is 6.88. The van der Waals surface area contributed by atoms with Crippen LogP contribution in [0.3, 0.4) is 0 Å². The van der Waals surface area contributed by atoms with Crippen LogP contribution in [0.4, 0.5) is 0 Å². The predicted octanol–water partition coefficient (Wildman–Crippen LogP) is 1.58. The van der Waals surface area contributed by atoms with Crippen molar-refractivity contribution in [3.63, 3.8) is 0 Å². The number of guanidine groups is 1. The maximum Gasteiger partial charge on any atom is 0.339 e. The first-order valence-corrected chi connectivity index (χ1v) is 12.3. The van der Waals surface area contributed by atoms with E-state index in [9.17, 15) is 13.5 Å². The number of aryl methyl sites for hydroxylation is 1. The number of piperidine rings is 1. The minimum absolute atomic E-state index is 0.0434. The van der Waals surface area contributed by atoms with E-state index in [2.05, 4.69) is 0 Å². The summed E-state index contributed by atoms with van der Waals surface area (Å²) >= 11 is 0. The number of aliphatic hydroxyl groups is 2.